The molecule has 2 nitrogen and oxygen atoms in total. The Morgan fingerprint density at radius 2 is 2.10 bits per heavy atom. The van der Waals surface area contributed by atoms with Crippen LogP contribution in [0.25, 0.3) is 5.57 Å². The number of alkyl halides is 3. The van der Waals surface area contributed by atoms with E-state index in [1.54, 1.807) is 18.4 Å². The molecule has 20 heavy (non-hydrogen) atoms. The number of aliphatic hydroxyl groups is 1. The summed E-state index contributed by atoms with van der Waals surface area (Å²) in [6.07, 6.45) is -0.439. The number of halogens is 3. The lowest BCUT2D eigenvalue weighted by Crippen LogP contribution is -2.04. The van der Waals surface area contributed by atoms with Crippen molar-refractivity contribution in [3.8, 4) is 0 Å². The molecule has 0 aliphatic heterocycles. The molecule has 0 atom stereocenters. The summed E-state index contributed by atoms with van der Waals surface area (Å²) in [6, 6.07) is 0. The zero-order chi connectivity index (χ0) is 15.6. The van der Waals surface area contributed by atoms with E-state index in [1.807, 2.05) is 0 Å². The summed E-state index contributed by atoms with van der Waals surface area (Å²) in [5.41, 5.74) is 1.41. The van der Waals surface area contributed by atoms with Crippen molar-refractivity contribution in [1.82, 2.24) is 4.98 Å². The largest absolute Gasteiger partial charge is 0.396 e. The lowest BCUT2D eigenvalue weighted by atomic mass is 10.2. The summed E-state index contributed by atoms with van der Waals surface area (Å²) < 4.78 is 36.0. The number of hydrogen-bond acceptors (Lipinski definition) is 3. The van der Waals surface area contributed by atoms with Gasteiger partial charge in [0.1, 0.15) is 5.01 Å². The summed E-state index contributed by atoms with van der Waals surface area (Å²) >= 11 is 1.36. The van der Waals surface area contributed by atoms with E-state index in [9.17, 15) is 13.2 Å². The molecule has 0 spiro atoms. The monoisotopic (exact) mass is 305 g/mol. The fourth-order valence-electron chi connectivity index (χ4n) is 1.28. The van der Waals surface area contributed by atoms with Gasteiger partial charge >= 0.3 is 6.18 Å². The number of thiazole rings is 1. The highest BCUT2D eigenvalue weighted by atomic mass is 32.1. The molecule has 1 aromatic rings. The molecule has 0 aliphatic carbocycles. The van der Waals surface area contributed by atoms with E-state index in [-0.39, 0.29) is 6.61 Å². The molecular formula is C14H18F3NOS. The Balaban J connectivity index is 0.00000172. The highest BCUT2D eigenvalue weighted by molar-refractivity contribution is 7.10. The SMILES string of the molecule is C/C=C(\C=C/CC(F)(F)F)c1nc(CCO)cs1.C=C. The van der Waals surface area contributed by atoms with E-state index < -0.39 is 12.6 Å². The topological polar surface area (TPSA) is 33.1 Å². The Labute approximate surface area is 121 Å². The zero-order valence-corrected chi connectivity index (χ0v) is 12.1. The van der Waals surface area contributed by atoms with Crippen LogP contribution in [-0.2, 0) is 6.42 Å². The molecule has 112 valence electrons. The first kappa shape index (κ1) is 18.6. The predicted molar refractivity (Wildman–Crippen MR) is 77.6 cm³/mol. The molecule has 0 saturated heterocycles. The van der Waals surface area contributed by atoms with Gasteiger partial charge in [-0.1, -0.05) is 18.2 Å². The fraction of sp³-hybridized carbons (Fsp3) is 0.357. The molecule has 0 saturated carbocycles. The number of aliphatic hydroxyl groups excluding tert-OH is 1. The lowest BCUT2D eigenvalue weighted by molar-refractivity contribution is -0.125. The molecule has 0 bridgehead atoms. The molecule has 6 heteroatoms. The quantitative estimate of drug-likeness (QED) is 0.646. The smallest absolute Gasteiger partial charge is 0.392 e. The van der Waals surface area contributed by atoms with Crippen LogP contribution < -0.4 is 0 Å². The van der Waals surface area contributed by atoms with E-state index >= 15 is 0 Å². The molecule has 1 aromatic heterocycles. The Morgan fingerprint density at radius 3 is 2.60 bits per heavy atom. The highest BCUT2D eigenvalue weighted by Gasteiger charge is 2.24. The average Bonchev–Trinajstić information content (AvgIpc) is 2.85. The van der Waals surface area contributed by atoms with Crippen molar-refractivity contribution in [3.63, 3.8) is 0 Å². The zero-order valence-electron chi connectivity index (χ0n) is 11.3. The normalized spacial score (nSPS) is 12.3. The van der Waals surface area contributed by atoms with Crippen LogP contribution in [0.15, 0.2) is 36.8 Å². The standard InChI is InChI=1S/C12H14F3NOS.C2H4/c1-2-9(4-3-6-12(13,14)15)11-16-10(5-7-17)8-18-11;1-2/h2-4,8,17H,5-7H2,1H3;1-2H2/b4-3-,9-2+;. The maximum atomic E-state index is 12.0. The molecule has 0 radical (unpaired) electrons. The van der Waals surface area contributed by atoms with Gasteiger partial charge in [-0.2, -0.15) is 13.2 Å². The van der Waals surface area contributed by atoms with E-state index in [0.717, 1.165) is 11.8 Å². The van der Waals surface area contributed by atoms with Crippen LogP contribution in [0.3, 0.4) is 0 Å². The molecule has 0 aromatic carbocycles. The van der Waals surface area contributed by atoms with Gasteiger partial charge in [0.05, 0.1) is 12.1 Å². The Bertz CT molecular complexity index is 450. The van der Waals surface area contributed by atoms with Gasteiger partial charge < -0.3 is 5.11 Å². The minimum atomic E-state index is -4.18. The van der Waals surface area contributed by atoms with Gasteiger partial charge in [-0.15, -0.1) is 24.5 Å². The van der Waals surface area contributed by atoms with Crippen molar-refractivity contribution in [3.05, 3.63) is 47.5 Å². The van der Waals surface area contributed by atoms with E-state index in [1.165, 1.54) is 17.4 Å². The van der Waals surface area contributed by atoms with Crippen LogP contribution in [0.5, 0.6) is 0 Å². The first-order chi connectivity index (χ1) is 9.46. The summed E-state index contributed by atoms with van der Waals surface area (Å²) in [7, 11) is 0. The molecule has 1 heterocycles. The third kappa shape index (κ3) is 7.25. The maximum Gasteiger partial charge on any atom is 0.392 e. The summed E-state index contributed by atoms with van der Waals surface area (Å²) in [5, 5.41) is 11.2. The predicted octanol–water partition coefficient (Wildman–Crippen LogP) is 4.39. The van der Waals surface area contributed by atoms with E-state index in [0.29, 0.717) is 17.0 Å². The van der Waals surface area contributed by atoms with Crippen molar-refractivity contribution >= 4 is 16.9 Å². The Kier molecular flexibility index (Phi) is 8.83. The van der Waals surface area contributed by atoms with Crippen LogP contribution in [0, 0.1) is 0 Å². The van der Waals surface area contributed by atoms with Crippen LogP contribution in [-0.4, -0.2) is 22.9 Å². The van der Waals surface area contributed by atoms with Gasteiger partial charge in [-0.05, 0) is 6.92 Å². The number of hydrogen-bond donors (Lipinski definition) is 1. The first-order valence-electron chi connectivity index (χ1n) is 5.91. The molecule has 1 N–H and O–H groups in total. The van der Waals surface area contributed by atoms with Gasteiger partial charge in [0.25, 0.3) is 0 Å². The van der Waals surface area contributed by atoms with Crippen molar-refractivity contribution in [2.45, 2.75) is 25.9 Å². The summed E-state index contributed by atoms with van der Waals surface area (Å²) in [6.45, 7) is 7.76. The maximum absolute atomic E-state index is 12.0. The average molecular weight is 305 g/mol. The van der Waals surface area contributed by atoms with Crippen LogP contribution in [0.1, 0.15) is 24.0 Å². The molecule has 0 unspecified atom stereocenters. The number of nitrogens with zero attached hydrogens (tertiary/aromatic N) is 1. The second-order valence-corrected chi connectivity index (χ2v) is 4.44. The molecular weight excluding hydrogens is 287 g/mol. The molecule has 0 amide bonds. The van der Waals surface area contributed by atoms with Crippen molar-refractivity contribution in [2.24, 2.45) is 0 Å². The van der Waals surface area contributed by atoms with Crippen molar-refractivity contribution in [1.29, 1.82) is 0 Å². The van der Waals surface area contributed by atoms with Gasteiger partial charge in [-0.3, -0.25) is 0 Å². The van der Waals surface area contributed by atoms with Gasteiger partial charge in [-0.25, -0.2) is 4.98 Å². The summed E-state index contributed by atoms with van der Waals surface area (Å²) in [5.74, 6) is 0. The Hall–Kier alpha value is -1.40. The van der Waals surface area contributed by atoms with Crippen molar-refractivity contribution < 1.29 is 18.3 Å². The van der Waals surface area contributed by atoms with E-state index in [4.69, 9.17) is 5.11 Å². The second-order valence-electron chi connectivity index (χ2n) is 3.58. The fourth-order valence-corrected chi connectivity index (χ4v) is 2.19. The van der Waals surface area contributed by atoms with Crippen molar-refractivity contribution in [2.75, 3.05) is 6.61 Å². The third-order valence-electron chi connectivity index (χ3n) is 2.12. The molecule has 0 fully saturated rings. The number of rotatable bonds is 5. The van der Waals surface area contributed by atoms with Gasteiger partial charge in [0.15, 0.2) is 0 Å². The molecule has 0 aliphatic rings. The molecule has 1 rings (SSSR count). The van der Waals surface area contributed by atoms with Crippen LogP contribution in [0.4, 0.5) is 13.2 Å². The van der Waals surface area contributed by atoms with Gasteiger partial charge in [0.2, 0.25) is 0 Å². The van der Waals surface area contributed by atoms with Crippen LogP contribution >= 0.6 is 11.3 Å². The van der Waals surface area contributed by atoms with Gasteiger partial charge in [0, 0.05) is 24.0 Å². The Morgan fingerprint density at radius 1 is 1.45 bits per heavy atom. The number of aromatic nitrogens is 1. The first-order valence-corrected chi connectivity index (χ1v) is 6.79. The second kappa shape index (κ2) is 9.50. The third-order valence-corrected chi connectivity index (χ3v) is 3.06. The van der Waals surface area contributed by atoms with E-state index in [2.05, 4.69) is 18.1 Å². The highest BCUT2D eigenvalue weighted by Crippen LogP contribution is 2.24. The minimum absolute atomic E-state index is 0.0122. The number of allylic oxidation sites excluding steroid dienone is 4. The van der Waals surface area contributed by atoms with Crippen LogP contribution in [0.2, 0.25) is 0 Å². The lowest BCUT2D eigenvalue weighted by Gasteiger charge is -2.01. The summed E-state index contributed by atoms with van der Waals surface area (Å²) in [4.78, 5) is 4.24. The minimum Gasteiger partial charge on any atom is -0.396 e.